The molecule has 1 aromatic rings. The van der Waals surface area contributed by atoms with E-state index in [2.05, 4.69) is 17.0 Å². The summed E-state index contributed by atoms with van der Waals surface area (Å²) in [6.07, 6.45) is -0.966. The largest absolute Gasteiger partial charge is 0.573 e. The van der Waals surface area contributed by atoms with Crippen LogP contribution in [-0.2, 0) is 6.54 Å². The topological polar surface area (TPSA) is 21.3 Å². The molecule has 0 saturated heterocycles. The molecule has 1 fully saturated rings. The minimum atomic E-state index is -4.62. The SMILES string of the molecule is CCCC1CC1NCc1ccc(OC(F)(F)F)cc1. The van der Waals surface area contributed by atoms with E-state index in [0.29, 0.717) is 12.6 Å². The average molecular weight is 273 g/mol. The summed E-state index contributed by atoms with van der Waals surface area (Å²) in [5, 5.41) is 3.41. The van der Waals surface area contributed by atoms with Crippen molar-refractivity contribution >= 4 is 0 Å². The van der Waals surface area contributed by atoms with Crippen LogP contribution >= 0.6 is 0 Å². The van der Waals surface area contributed by atoms with Crippen molar-refractivity contribution in [2.24, 2.45) is 5.92 Å². The quantitative estimate of drug-likeness (QED) is 0.849. The summed E-state index contributed by atoms with van der Waals surface area (Å²) in [4.78, 5) is 0. The first-order valence-electron chi connectivity index (χ1n) is 6.56. The van der Waals surface area contributed by atoms with Gasteiger partial charge < -0.3 is 10.1 Å². The highest BCUT2D eigenvalue weighted by molar-refractivity contribution is 5.27. The Morgan fingerprint density at radius 1 is 1.26 bits per heavy atom. The zero-order chi connectivity index (χ0) is 13.9. The first-order chi connectivity index (χ1) is 8.98. The van der Waals surface area contributed by atoms with Gasteiger partial charge in [0.25, 0.3) is 0 Å². The van der Waals surface area contributed by atoms with E-state index in [4.69, 9.17) is 0 Å². The van der Waals surface area contributed by atoms with E-state index in [1.807, 2.05) is 0 Å². The van der Waals surface area contributed by atoms with Gasteiger partial charge in [-0.25, -0.2) is 0 Å². The predicted octanol–water partition coefficient (Wildman–Crippen LogP) is 3.86. The Kier molecular flexibility index (Phi) is 4.34. The molecule has 1 aliphatic carbocycles. The molecule has 0 heterocycles. The van der Waals surface area contributed by atoms with Gasteiger partial charge >= 0.3 is 6.36 Å². The van der Waals surface area contributed by atoms with E-state index >= 15 is 0 Å². The number of halogens is 3. The van der Waals surface area contributed by atoms with Gasteiger partial charge in [-0.05, 0) is 36.5 Å². The molecule has 2 nitrogen and oxygen atoms in total. The minimum Gasteiger partial charge on any atom is -0.406 e. The van der Waals surface area contributed by atoms with Gasteiger partial charge in [-0.15, -0.1) is 13.2 Å². The average Bonchev–Trinajstić information content (AvgIpc) is 3.05. The van der Waals surface area contributed by atoms with E-state index in [1.54, 1.807) is 12.1 Å². The van der Waals surface area contributed by atoms with Crippen molar-refractivity contribution in [3.8, 4) is 5.75 Å². The van der Waals surface area contributed by atoms with Gasteiger partial charge in [-0.2, -0.15) is 0 Å². The number of benzene rings is 1. The van der Waals surface area contributed by atoms with E-state index < -0.39 is 6.36 Å². The molecule has 0 bridgehead atoms. The van der Waals surface area contributed by atoms with Gasteiger partial charge in [0.15, 0.2) is 0 Å². The van der Waals surface area contributed by atoms with Gasteiger partial charge in [0.1, 0.15) is 5.75 Å². The second-order valence-electron chi connectivity index (χ2n) is 4.96. The molecule has 2 atom stereocenters. The molecular formula is C14H18F3NO. The molecule has 5 heteroatoms. The second kappa shape index (κ2) is 5.82. The molecule has 0 aliphatic heterocycles. The molecule has 2 rings (SSSR count). The zero-order valence-electron chi connectivity index (χ0n) is 10.8. The third-order valence-electron chi connectivity index (χ3n) is 3.31. The molecule has 1 aromatic carbocycles. The lowest BCUT2D eigenvalue weighted by Crippen LogP contribution is -2.18. The highest BCUT2D eigenvalue weighted by atomic mass is 19.4. The monoisotopic (exact) mass is 273 g/mol. The van der Waals surface area contributed by atoms with Crippen LogP contribution in [0.2, 0.25) is 0 Å². The minimum absolute atomic E-state index is 0.175. The van der Waals surface area contributed by atoms with Crippen LogP contribution in [0.15, 0.2) is 24.3 Å². The Balaban J connectivity index is 1.76. The Hall–Kier alpha value is -1.23. The molecule has 0 spiro atoms. The fourth-order valence-corrected chi connectivity index (χ4v) is 2.25. The number of rotatable bonds is 6. The molecule has 1 N–H and O–H groups in total. The lowest BCUT2D eigenvalue weighted by Gasteiger charge is -2.09. The first kappa shape index (κ1) is 14.2. The Morgan fingerprint density at radius 3 is 2.53 bits per heavy atom. The predicted molar refractivity (Wildman–Crippen MR) is 66.8 cm³/mol. The molecule has 0 amide bonds. The third-order valence-corrected chi connectivity index (χ3v) is 3.31. The molecule has 0 aromatic heterocycles. The Bertz CT molecular complexity index is 402. The number of hydrogen-bond donors (Lipinski definition) is 1. The number of nitrogens with one attached hydrogen (secondary N) is 1. The standard InChI is InChI=1S/C14H18F3NO/c1-2-3-11-8-13(11)18-9-10-4-6-12(7-5-10)19-14(15,16)17/h4-7,11,13,18H,2-3,8-9H2,1H3. The summed E-state index contributed by atoms with van der Waals surface area (Å²) < 4.78 is 39.8. The van der Waals surface area contributed by atoms with E-state index in [-0.39, 0.29) is 5.75 Å². The second-order valence-corrected chi connectivity index (χ2v) is 4.96. The lowest BCUT2D eigenvalue weighted by molar-refractivity contribution is -0.274. The molecule has 19 heavy (non-hydrogen) atoms. The molecule has 106 valence electrons. The molecular weight excluding hydrogens is 255 g/mol. The Labute approximate surface area is 111 Å². The van der Waals surface area contributed by atoms with Crippen LogP contribution < -0.4 is 10.1 Å². The molecule has 1 saturated carbocycles. The molecule has 2 unspecified atom stereocenters. The number of hydrogen-bond acceptors (Lipinski definition) is 2. The van der Waals surface area contributed by atoms with Crippen molar-refractivity contribution < 1.29 is 17.9 Å². The normalized spacial score (nSPS) is 22.3. The summed E-state index contributed by atoms with van der Waals surface area (Å²) >= 11 is 0. The van der Waals surface area contributed by atoms with Gasteiger partial charge in [0.2, 0.25) is 0 Å². The third kappa shape index (κ3) is 4.74. The number of ether oxygens (including phenoxy) is 1. The summed E-state index contributed by atoms with van der Waals surface area (Å²) in [7, 11) is 0. The van der Waals surface area contributed by atoms with Crippen molar-refractivity contribution in [3.05, 3.63) is 29.8 Å². The van der Waals surface area contributed by atoms with Crippen molar-refractivity contribution in [1.29, 1.82) is 0 Å². The fraction of sp³-hybridized carbons (Fsp3) is 0.571. The van der Waals surface area contributed by atoms with Crippen molar-refractivity contribution in [3.63, 3.8) is 0 Å². The van der Waals surface area contributed by atoms with Crippen LogP contribution in [0.5, 0.6) is 5.75 Å². The van der Waals surface area contributed by atoms with Gasteiger partial charge in [0, 0.05) is 12.6 Å². The van der Waals surface area contributed by atoms with E-state index in [9.17, 15) is 13.2 Å². The van der Waals surface area contributed by atoms with Crippen LogP contribution in [-0.4, -0.2) is 12.4 Å². The maximum Gasteiger partial charge on any atom is 0.573 e. The zero-order valence-corrected chi connectivity index (χ0v) is 10.8. The van der Waals surface area contributed by atoms with Gasteiger partial charge in [0.05, 0.1) is 0 Å². The Morgan fingerprint density at radius 2 is 1.95 bits per heavy atom. The van der Waals surface area contributed by atoms with Crippen LogP contribution in [0.3, 0.4) is 0 Å². The van der Waals surface area contributed by atoms with Crippen LogP contribution in [0.1, 0.15) is 31.7 Å². The van der Waals surface area contributed by atoms with Crippen molar-refractivity contribution in [2.45, 2.75) is 45.1 Å². The fourth-order valence-electron chi connectivity index (χ4n) is 2.25. The summed E-state index contributed by atoms with van der Waals surface area (Å²) in [6.45, 7) is 2.87. The van der Waals surface area contributed by atoms with E-state index in [0.717, 1.165) is 11.5 Å². The summed E-state index contributed by atoms with van der Waals surface area (Å²) in [5.41, 5.74) is 0.969. The van der Waals surface area contributed by atoms with Crippen LogP contribution in [0.4, 0.5) is 13.2 Å². The maximum absolute atomic E-state index is 12.0. The lowest BCUT2D eigenvalue weighted by atomic mass is 10.2. The highest BCUT2D eigenvalue weighted by Crippen LogP contribution is 2.34. The molecule has 1 aliphatic rings. The van der Waals surface area contributed by atoms with Crippen LogP contribution in [0.25, 0.3) is 0 Å². The maximum atomic E-state index is 12.0. The summed E-state index contributed by atoms with van der Waals surface area (Å²) in [5.74, 6) is 0.601. The van der Waals surface area contributed by atoms with Crippen molar-refractivity contribution in [2.75, 3.05) is 0 Å². The van der Waals surface area contributed by atoms with Crippen LogP contribution in [0, 0.1) is 5.92 Å². The van der Waals surface area contributed by atoms with E-state index in [1.165, 1.54) is 31.4 Å². The number of alkyl halides is 3. The smallest absolute Gasteiger partial charge is 0.406 e. The van der Waals surface area contributed by atoms with Gasteiger partial charge in [-0.1, -0.05) is 25.5 Å². The van der Waals surface area contributed by atoms with Gasteiger partial charge in [-0.3, -0.25) is 0 Å². The highest BCUT2D eigenvalue weighted by Gasteiger charge is 2.35. The first-order valence-corrected chi connectivity index (χ1v) is 6.56. The summed E-state index contributed by atoms with van der Waals surface area (Å²) in [6, 6.07) is 6.59. The molecule has 0 radical (unpaired) electrons. The van der Waals surface area contributed by atoms with Crippen molar-refractivity contribution in [1.82, 2.24) is 5.32 Å².